The fourth-order valence-electron chi connectivity index (χ4n) is 3.42. The smallest absolute Gasteiger partial charge is 0.309 e. The first-order valence-electron chi connectivity index (χ1n) is 9.08. The van der Waals surface area contributed by atoms with E-state index < -0.39 is 6.43 Å². The van der Waals surface area contributed by atoms with Crippen LogP contribution in [0.5, 0.6) is 0 Å². The summed E-state index contributed by atoms with van der Waals surface area (Å²) < 4.78 is 33.3. The number of imidazole rings is 1. The lowest BCUT2D eigenvalue weighted by Crippen LogP contribution is -2.37. The predicted molar refractivity (Wildman–Crippen MR) is 98.7 cm³/mol. The number of benzene rings is 1. The number of ether oxygens (including phenoxy) is 1. The Bertz CT molecular complexity index is 786. The Morgan fingerprint density at radius 2 is 2.11 bits per heavy atom. The van der Waals surface area contributed by atoms with E-state index in [-0.39, 0.29) is 17.5 Å². The summed E-state index contributed by atoms with van der Waals surface area (Å²) in [6.07, 6.45) is 2.11. The molecule has 0 saturated carbocycles. The molecule has 146 valence electrons. The maximum atomic E-state index is 13.2. The molecular weight excluding hydrogens is 354 g/mol. The van der Waals surface area contributed by atoms with Crippen LogP contribution in [0, 0.1) is 5.92 Å². The standard InChI is InChI=1S/C19H24F2N4O2/c1-2-27-18(26)13-5-8-24(9-6-13)16-11-14(17(20)21)3-4-15(16)12-25-10-7-23-19(25)22/h3-4,7,10-11,13,17H,2,5-6,8-9,12H2,1H3,(H2,22,23). The highest BCUT2D eigenvalue weighted by molar-refractivity contribution is 5.73. The van der Waals surface area contributed by atoms with Crippen LogP contribution in [0.3, 0.4) is 0 Å². The molecule has 0 unspecified atom stereocenters. The van der Waals surface area contributed by atoms with Gasteiger partial charge in [-0.3, -0.25) is 4.79 Å². The number of carbonyl (C=O) groups is 1. The van der Waals surface area contributed by atoms with E-state index in [4.69, 9.17) is 10.5 Å². The van der Waals surface area contributed by atoms with E-state index in [9.17, 15) is 13.6 Å². The zero-order chi connectivity index (χ0) is 19.4. The molecule has 1 aromatic carbocycles. The van der Waals surface area contributed by atoms with Gasteiger partial charge in [0, 0.05) is 36.7 Å². The molecule has 0 aliphatic carbocycles. The largest absolute Gasteiger partial charge is 0.466 e. The zero-order valence-electron chi connectivity index (χ0n) is 15.3. The topological polar surface area (TPSA) is 73.4 Å². The molecule has 8 heteroatoms. The lowest BCUT2D eigenvalue weighted by atomic mass is 9.95. The van der Waals surface area contributed by atoms with E-state index in [1.807, 2.05) is 0 Å². The van der Waals surface area contributed by atoms with Crippen molar-refractivity contribution in [3.05, 3.63) is 41.7 Å². The molecule has 6 nitrogen and oxygen atoms in total. The highest BCUT2D eigenvalue weighted by Crippen LogP contribution is 2.32. The molecule has 2 N–H and O–H groups in total. The second kappa shape index (κ2) is 8.37. The zero-order valence-corrected chi connectivity index (χ0v) is 15.3. The maximum Gasteiger partial charge on any atom is 0.309 e. The average molecular weight is 378 g/mol. The Morgan fingerprint density at radius 1 is 1.37 bits per heavy atom. The van der Waals surface area contributed by atoms with Crippen LogP contribution in [0.25, 0.3) is 0 Å². The van der Waals surface area contributed by atoms with E-state index >= 15 is 0 Å². The SMILES string of the molecule is CCOC(=O)C1CCN(c2cc(C(F)F)ccc2Cn2ccnc2N)CC1. The molecular formula is C19H24F2N4O2. The lowest BCUT2D eigenvalue weighted by Gasteiger charge is -2.34. The van der Waals surface area contributed by atoms with Gasteiger partial charge in [0.1, 0.15) is 0 Å². The monoisotopic (exact) mass is 378 g/mol. The van der Waals surface area contributed by atoms with Crippen molar-refractivity contribution < 1.29 is 18.3 Å². The minimum absolute atomic E-state index is 0.0140. The number of nitrogens with zero attached hydrogens (tertiary/aromatic N) is 3. The summed E-state index contributed by atoms with van der Waals surface area (Å²) >= 11 is 0. The van der Waals surface area contributed by atoms with E-state index in [0.717, 1.165) is 11.3 Å². The van der Waals surface area contributed by atoms with Crippen LogP contribution in [0.4, 0.5) is 20.4 Å². The first-order chi connectivity index (χ1) is 13.0. The first kappa shape index (κ1) is 19.1. The lowest BCUT2D eigenvalue weighted by molar-refractivity contribution is -0.148. The quantitative estimate of drug-likeness (QED) is 0.782. The second-order valence-corrected chi connectivity index (χ2v) is 6.62. The number of nitrogen functional groups attached to an aromatic ring is 1. The number of piperidine rings is 1. The number of rotatable bonds is 6. The van der Waals surface area contributed by atoms with Gasteiger partial charge in [0.15, 0.2) is 5.95 Å². The Morgan fingerprint density at radius 3 is 2.70 bits per heavy atom. The van der Waals surface area contributed by atoms with Crippen molar-refractivity contribution in [3.63, 3.8) is 0 Å². The molecule has 2 aromatic rings. The van der Waals surface area contributed by atoms with Crippen LogP contribution >= 0.6 is 0 Å². The number of carbonyl (C=O) groups excluding carboxylic acids is 1. The molecule has 1 aliphatic rings. The van der Waals surface area contributed by atoms with Gasteiger partial charge < -0.3 is 19.9 Å². The van der Waals surface area contributed by atoms with Crippen LogP contribution in [-0.4, -0.2) is 35.2 Å². The summed E-state index contributed by atoms with van der Waals surface area (Å²) in [7, 11) is 0. The summed E-state index contributed by atoms with van der Waals surface area (Å²) in [5.74, 6) is 0.0667. The van der Waals surface area contributed by atoms with Crippen molar-refractivity contribution in [2.45, 2.75) is 32.7 Å². The van der Waals surface area contributed by atoms with E-state index in [0.29, 0.717) is 45.0 Å². The number of anilines is 2. The van der Waals surface area contributed by atoms with Gasteiger partial charge in [0.2, 0.25) is 0 Å². The van der Waals surface area contributed by atoms with Gasteiger partial charge in [0.05, 0.1) is 19.1 Å². The number of aromatic nitrogens is 2. The Hall–Kier alpha value is -2.64. The van der Waals surface area contributed by atoms with Gasteiger partial charge in [-0.25, -0.2) is 13.8 Å². The molecule has 27 heavy (non-hydrogen) atoms. The number of alkyl halides is 2. The third-order valence-electron chi connectivity index (χ3n) is 4.91. The van der Waals surface area contributed by atoms with Gasteiger partial charge in [0.25, 0.3) is 6.43 Å². The van der Waals surface area contributed by atoms with Gasteiger partial charge in [-0.1, -0.05) is 12.1 Å². The summed E-state index contributed by atoms with van der Waals surface area (Å²) in [6.45, 7) is 3.83. The molecule has 1 aromatic heterocycles. The van der Waals surface area contributed by atoms with Crippen LogP contribution in [0.1, 0.15) is 37.3 Å². The Balaban J connectivity index is 1.81. The van der Waals surface area contributed by atoms with Crippen molar-refractivity contribution in [2.75, 3.05) is 30.3 Å². The van der Waals surface area contributed by atoms with Gasteiger partial charge >= 0.3 is 5.97 Å². The molecule has 2 heterocycles. The van der Waals surface area contributed by atoms with Crippen LogP contribution in [0.2, 0.25) is 0 Å². The van der Waals surface area contributed by atoms with Crippen LogP contribution in [-0.2, 0) is 16.1 Å². The Kier molecular flexibility index (Phi) is 5.93. The number of hydrogen-bond acceptors (Lipinski definition) is 5. The molecule has 0 spiro atoms. The number of nitrogens with two attached hydrogens (primary N) is 1. The second-order valence-electron chi connectivity index (χ2n) is 6.62. The van der Waals surface area contributed by atoms with Crippen molar-refractivity contribution in [1.82, 2.24) is 9.55 Å². The molecule has 3 rings (SSSR count). The molecule has 0 radical (unpaired) electrons. The van der Waals surface area contributed by atoms with Gasteiger partial charge in [-0.05, 0) is 31.4 Å². The minimum atomic E-state index is -2.53. The third kappa shape index (κ3) is 4.37. The van der Waals surface area contributed by atoms with Crippen molar-refractivity contribution in [1.29, 1.82) is 0 Å². The number of hydrogen-bond donors (Lipinski definition) is 1. The highest BCUT2D eigenvalue weighted by Gasteiger charge is 2.27. The fourth-order valence-corrected chi connectivity index (χ4v) is 3.42. The van der Waals surface area contributed by atoms with Crippen molar-refractivity contribution in [2.24, 2.45) is 5.92 Å². The molecule has 0 atom stereocenters. The molecule has 1 aliphatic heterocycles. The molecule has 0 amide bonds. The average Bonchev–Trinajstić information content (AvgIpc) is 3.07. The number of halogens is 2. The molecule has 0 bridgehead atoms. The van der Waals surface area contributed by atoms with Gasteiger partial charge in [-0.15, -0.1) is 0 Å². The van der Waals surface area contributed by atoms with Crippen molar-refractivity contribution in [3.8, 4) is 0 Å². The predicted octanol–water partition coefficient (Wildman–Crippen LogP) is 3.23. The maximum absolute atomic E-state index is 13.2. The van der Waals surface area contributed by atoms with E-state index in [1.165, 1.54) is 12.1 Å². The first-order valence-corrected chi connectivity index (χ1v) is 9.08. The summed E-state index contributed by atoms with van der Waals surface area (Å²) in [5.41, 5.74) is 7.47. The van der Waals surface area contributed by atoms with E-state index in [1.54, 1.807) is 30.0 Å². The fraction of sp³-hybridized carbons (Fsp3) is 0.474. The third-order valence-corrected chi connectivity index (χ3v) is 4.91. The Labute approximate surface area is 156 Å². The number of esters is 1. The van der Waals surface area contributed by atoms with Crippen LogP contribution < -0.4 is 10.6 Å². The van der Waals surface area contributed by atoms with E-state index in [2.05, 4.69) is 9.88 Å². The molecule has 1 saturated heterocycles. The minimum Gasteiger partial charge on any atom is -0.466 e. The highest BCUT2D eigenvalue weighted by atomic mass is 19.3. The van der Waals surface area contributed by atoms with Crippen LogP contribution in [0.15, 0.2) is 30.6 Å². The summed E-state index contributed by atoms with van der Waals surface area (Å²) in [5, 5.41) is 0. The van der Waals surface area contributed by atoms with Crippen molar-refractivity contribution >= 4 is 17.6 Å². The normalized spacial score (nSPS) is 15.3. The summed E-state index contributed by atoms with van der Waals surface area (Å²) in [6, 6.07) is 4.70. The molecule has 1 fully saturated rings. The van der Waals surface area contributed by atoms with Gasteiger partial charge in [-0.2, -0.15) is 0 Å². The summed E-state index contributed by atoms with van der Waals surface area (Å²) in [4.78, 5) is 18.0.